The van der Waals surface area contributed by atoms with E-state index in [0.29, 0.717) is 11.8 Å². The van der Waals surface area contributed by atoms with Crippen molar-refractivity contribution in [3.05, 3.63) is 163 Å². The third-order valence-corrected chi connectivity index (χ3v) is 9.05. The van der Waals surface area contributed by atoms with E-state index in [1.807, 2.05) is 6.07 Å². The second-order valence-electron chi connectivity index (χ2n) is 13.0. The fourth-order valence-corrected chi connectivity index (χ4v) is 6.64. The summed E-state index contributed by atoms with van der Waals surface area (Å²) < 4.78 is 0. The van der Waals surface area contributed by atoms with E-state index in [2.05, 4.69) is 180 Å². The Kier molecular flexibility index (Phi) is 16.3. The predicted octanol–water partition coefficient (Wildman–Crippen LogP) is 13.3. The van der Waals surface area contributed by atoms with Gasteiger partial charge in [-0.3, -0.25) is 0 Å². The van der Waals surface area contributed by atoms with E-state index in [9.17, 15) is 0 Å². The molecule has 0 aromatic heterocycles. The molecule has 0 atom stereocenters. The van der Waals surface area contributed by atoms with Gasteiger partial charge in [0.05, 0.1) is 9.52 Å². The molecular formula is C45H46Cl2SiZr. The van der Waals surface area contributed by atoms with Gasteiger partial charge in [-0.2, -0.15) is 12.1 Å². The summed E-state index contributed by atoms with van der Waals surface area (Å²) in [6, 6.07) is 54.4. The number of hydrogen-bond donors (Lipinski definition) is 0. The van der Waals surface area contributed by atoms with Crippen LogP contribution in [-0.2, 0) is 33.7 Å². The minimum atomic E-state index is -0.826. The summed E-state index contributed by atoms with van der Waals surface area (Å²) in [4.78, 5) is 0. The first kappa shape index (κ1) is 38.8. The monoisotopic (exact) mass is 774 g/mol. The van der Waals surface area contributed by atoms with Crippen molar-refractivity contribution < 1.29 is 20.8 Å². The maximum absolute atomic E-state index is 4.93. The Hall–Kier alpha value is -3.00. The number of rotatable bonds is 7. The summed E-state index contributed by atoms with van der Waals surface area (Å²) in [6.45, 7) is 11.3. The Balaban J connectivity index is 0.000000170. The zero-order valence-corrected chi connectivity index (χ0v) is 34.2. The second-order valence-corrected chi connectivity index (χ2v) is 17.8. The average Bonchev–Trinajstić information content (AvgIpc) is 3.72. The zero-order chi connectivity index (χ0) is 35.0. The van der Waals surface area contributed by atoms with Gasteiger partial charge < -0.3 is 0 Å². The van der Waals surface area contributed by atoms with E-state index in [1.165, 1.54) is 60.1 Å². The first-order chi connectivity index (χ1) is 23.8. The molecule has 0 saturated heterocycles. The van der Waals surface area contributed by atoms with E-state index in [4.69, 9.17) is 17.0 Å². The van der Waals surface area contributed by atoms with Crippen LogP contribution >= 0.6 is 17.0 Å². The summed E-state index contributed by atoms with van der Waals surface area (Å²) in [7, 11) is 10.8. The molecule has 0 spiro atoms. The van der Waals surface area contributed by atoms with Crippen molar-refractivity contribution in [2.24, 2.45) is 11.8 Å². The Morgan fingerprint density at radius 1 is 0.531 bits per heavy atom. The Labute approximate surface area is 315 Å². The molecule has 0 fully saturated rings. The molecule has 0 bridgehead atoms. The zero-order valence-electron chi connectivity index (χ0n) is 29.3. The van der Waals surface area contributed by atoms with Crippen LogP contribution in [0.15, 0.2) is 152 Å². The first-order valence-corrected chi connectivity index (χ1v) is 24.8. The maximum atomic E-state index is 4.93. The fourth-order valence-electron chi connectivity index (χ4n) is 6.12. The van der Waals surface area contributed by atoms with E-state index in [1.54, 1.807) is 0 Å². The molecule has 0 aliphatic heterocycles. The molecule has 49 heavy (non-hydrogen) atoms. The third-order valence-electron chi connectivity index (χ3n) is 8.14. The van der Waals surface area contributed by atoms with Gasteiger partial charge in [-0.05, 0) is 35.8 Å². The van der Waals surface area contributed by atoms with E-state index in [0.717, 1.165) is 22.4 Å². The summed E-state index contributed by atoms with van der Waals surface area (Å²) in [5.41, 5.74) is 8.19. The minimum absolute atomic E-state index is 0.706. The summed E-state index contributed by atoms with van der Waals surface area (Å²) in [6.07, 6.45) is 2.31. The van der Waals surface area contributed by atoms with Gasteiger partial charge in [0.15, 0.2) is 0 Å². The molecule has 0 unspecified atom stereocenters. The van der Waals surface area contributed by atoms with Crippen LogP contribution in [-0.4, -0.2) is 9.52 Å². The molecule has 2 radical (unpaired) electrons. The standard InChI is InChI=1S/2C19H19.C7H8Si.2ClH.Zr/c2*1-14(2)11-15-12-17-9-6-10-18(19(17)13-15)16-7-4-3-5-8-16;1-8-7-5-3-2-4-6-7;;;/h2*3-10,12-14H,11H2,1-2H3;2-6H,1H3;2*1H;/q2*-1;;;;+4/p-2. The van der Waals surface area contributed by atoms with E-state index in [-0.39, 0.29) is 0 Å². The SMILES string of the molecule is CC(C)Cc1cc2c(-c3ccccc3)cccc2[cH-]1.CC(C)Cc1cc2c(-c3ccccc3)cccc2[cH-]1.C[Si]c1ccccc1.[Cl][Zr+2][Cl]. The second kappa shape index (κ2) is 20.6. The van der Waals surface area contributed by atoms with Crippen LogP contribution in [0.25, 0.3) is 43.8 Å². The average molecular weight is 777 g/mol. The van der Waals surface area contributed by atoms with Crippen LogP contribution in [0.3, 0.4) is 0 Å². The Morgan fingerprint density at radius 3 is 1.22 bits per heavy atom. The van der Waals surface area contributed by atoms with Gasteiger partial charge in [0.25, 0.3) is 0 Å². The molecule has 7 aromatic rings. The van der Waals surface area contributed by atoms with Gasteiger partial charge in [0.2, 0.25) is 0 Å². The topological polar surface area (TPSA) is 0 Å². The molecule has 0 aliphatic rings. The Bertz CT molecular complexity index is 1820. The molecule has 0 amide bonds. The molecule has 0 saturated carbocycles. The van der Waals surface area contributed by atoms with Crippen molar-refractivity contribution in [3.8, 4) is 22.3 Å². The van der Waals surface area contributed by atoms with Gasteiger partial charge in [0.1, 0.15) is 0 Å². The molecule has 0 aliphatic carbocycles. The molecule has 4 heteroatoms. The van der Waals surface area contributed by atoms with Crippen LogP contribution in [0.2, 0.25) is 6.55 Å². The molecule has 7 rings (SSSR count). The van der Waals surface area contributed by atoms with Crippen LogP contribution < -0.4 is 5.19 Å². The molecular weight excluding hydrogens is 731 g/mol. The van der Waals surface area contributed by atoms with Crippen LogP contribution in [0.1, 0.15) is 38.8 Å². The van der Waals surface area contributed by atoms with Crippen molar-refractivity contribution in [2.75, 3.05) is 0 Å². The van der Waals surface area contributed by atoms with E-state index < -0.39 is 20.8 Å². The number of benzene rings is 5. The van der Waals surface area contributed by atoms with Gasteiger partial charge >= 0.3 is 37.9 Å². The predicted molar refractivity (Wildman–Crippen MR) is 216 cm³/mol. The van der Waals surface area contributed by atoms with Crippen molar-refractivity contribution in [1.29, 1.82) is 0 Å². The van der Waals surface area contributed by atoms with Gasteiger partial charge in [-0.25, -0.2) is 0 Å². The summed E-state index contributed by atoms with van der Waals surface area (Å²) in [5.74, 6) is 1.41. The van der Waals surface area contributed by atoms with Crippen molar-refractivity contribution >= 4 is 53.3 Å². The van der Waals surface area contributed by atoms with Crippen molar-refractivity contribution in [1.82, 2.24) is 0 Å². The van der Waals surface area contributed by atoms with Gasteiger partial charge in [-0.1, -0.05) is 154 Å². The van der Waals surface area contributed by atoms with Gasteiger partial charge in [-0.15, -0.1) is 69.1 Å². The Morgan fingerprint density at radius 2 is 0.898 bits per heavy atom. The number of fused-ring (bicyclic) bond motifs is 2. The molecule has 0 heterocycles. The van der Waals surface area contributed by atoms with Crippen molar-refractivity contribution in [2.45, 2.75) is 47.1 Å². The molecule has 248 valence electrons. The van der Waals surface area contributed by atoms with Crippen LogP contribution in [0, 0.1) is 11.8 Å². The number of hydrogen-bond acceptors (Lipinski definition) is 0. The van der Waals surface area contributed by atoms with E-state index >= 15 is 0 Å². The molecule has 0 nitrogen and oxygen atoms in total. The van der Waals surface area contributed by atoms with Crippen LogP contribution in [0.4, 0.5) is 0 Å². The first-order valence-electron chi connectivity index (χ1n) is 17.0. The quantitative estimate of drug-likeness (QED) is 0.112. The summed E-state index contributed by atoms with van der Waals surface area (Å²) >= 11 is -0.826. The molecule has 7 aromatic carbocycles. The van der Waals surface area contributed by atoms with Crippen LogP contribution in [0.5, 0.6) is 0 Å². The summed E-state index contributed by atoms with van der Waals surface area (Å²) in [5, 5.41) is 6.91. The van der Waals surface area contributed by atoms with Crippen molar-refractivity contribution in [3.63, 3.8) is 0 Å². The number of halogens is 2. The third kappa shape index (κ3) is 12.1. The molecule has 0 N–H and O–H groups in total. The normalized spacial score (nSPS) is 10.5. The fraction of sp³-hybridized carbons (Fsp3) is 0.200. The van der Waals surface area contributed by atoms with Gasteiger partial charge in [0, 0.05) is 0 Å².